The molecule has 0 aromatic rings. The standard InChI is InChI=1S/C31H58N6O15/c1-12-20(41)22(43)18(5-32)48-27(12)51-25-19(9-39)49-29(23(25)44)52-26-21(42)17(37-30(45)31(46)10-36-11-31)4-16(34)24(26)50-28-15(33)3-2-14(47-28)7-35-6-13(40)8-38/h12-29,35-36,38-44,46H,2-11,32-34H2,1H3,(H,37,45)/t12-,13?,14+,15-,16+,17-,18+,19-,20-,21+,22-,23-,24-,25-,26-,27-,28-,29+/m1/s1. The van der Waals surface area contributed by atoms with Gasteiger partial charge in [0, 0.05) is 44.7 Å². The van der Waals surface area contributed by atoms with Crippen molar-refractivity contribution in [3.63, 3.8) is 0 Å². The Kier molecular flexibility index (Phi) is 14.6. The minimum absolute atomic E-state index is 0.0145. The summed E-state index contributed by atoms with van der Waals surface area (Å²) < 4.78 is 36.3. The van der Waals surface area contributed by atoms with Crippen LogP contribution in [0.2, 0.25) is 0 Å². The second kappa shape index (κ2) is 18.1. The van der Waals surface area contributed by atoms with Crippen molar-refractivity contribution in [2.45, 2.75) is 136 Å². The van der Waals surface area contributed by atoms with E-state index >= 15 is 0 Å². The maximum absolute atomic E-state index is 13.0. The smallest absolute Gasteiger partial charge is 0.254 e. The van der Waals surface area contributed by atoms with Crippen LogP contribution in [-0.4, -0.2) is 202 Å². The molecule has 5 rings (SSSR count). The van der Waals surface area contributed by atoms with Gasteiger partial charge in [-0.2, -0.15) is 0 Å². The van der Waals surface area contributed by atoms with E-state index in [1.807, 2.05) is 0 Å². The highest BCUT2D eigenvalue weighted by atomic mass is 16.8. The van der Waals surface area contributed by atoms with Crippen LogP contribution in [0.25, 0.3) is 0 Å². The summed E-state index contributed by atoms with van der Waals surface area (Å²) in [6, 6.07) is -2.57. The van der Waals surface area contributed by atoms with E-state index in [9.17, 15) is 40.5 Å². The van der Waals surface area contributed by atoms with E-state index in [4.69, 9.17) is 50.7 Å². The van der Waals surface area contributed by atoms with Crippen LogP contribution in [0, 0.1) is 5.92 Å². The van der Waals surface area contributed by atoms with Gasteiger partial charge in [0.1, 0.15) is 48.8 Å². The number of ether oxygens (including phenoxy) is 6. The molecule has 5 fully saturated rings. The van der Waals surface area contributed by atoms with Crippen molar-refractivity contribution in [1.82, 2.24) is 16.0 Å². The Balaban J connectivity index is 1.32. The van der Waals surface area contributed by atoms with E-state index in [0.717, 1.165) is 0 Å². The molecule has 4 heterocycles. The summed E-state index contributed by atoms with van der Waals surface area (Å²) in [5, 5.41) is 92.0. The van der Waals surface area contributed by atoms with Gasteiger partial charge in [-0.3, -0.25) is 4.79 Å². The lowest BCUT2D eigenvalue weighted by molar-refractivity contribution is -0.297. The first kappa shape index (κ1) is 41.9. The van der Waals surface area contributed by atoms with Crippen molar-refractivity contribution >= 4 is 5.91 Å². The van der Waals surface area contributed by atoms with Gasteiger partial charge in [-0.25, -0.2) is 0 Å². The molecule has 1 aliphatic carbocycles. The van der Waals surface area contributed by atoms with Gasteiger partial charge < -0.3 is 102 Å². The fraction of sp³-hybridized carbons (Fsp3) is 0.968. The van der Waals surface area contributed by atoms with Crippen LogP contribution in [-0.2, 0) is 33.2 Å². The first-order chi connectivity index (χ1) is 24.7. The van der Waals surface area contributed by atoms with E-state index in [-0.39, 0.29) is 32.6 Å². The first-order valence-corrected chi connectivity index (χ1v) is 17.9. The van der Waals surface area contributed by atoms with Gasteiger partial charge in [-0.05, 0) is 19.3 Å². The molecule has 21 heteroatoms. The lowest BCUT2D eigenvalue weighted by atomic mass is 9.83. The van der Waals surface area contributed by atoms with Crippen LogP contribution in [0.4, 0.5) is 0 Å². The summed E-state index contributed by atoms with van der Waals surface area (Å²) in [5.41, 5.74) is 17.0. The average Bonchev–Trinajstić information content (AvgIpc) is 3.41. The molecule has 17 N–H and O–H groups in total. The average molecular weight is 755 g/mol. The first-order valence-electron chi connectivity index (χ1n) is 17.9. The van der Waals surface area contributed by atoms with Gasteiger partial charge in [-0.1, -0.05) is 6.92 Å². The third kappa shape index (κ3) is 9.21. The summed E-state index contributed by atoms with van der Waals surface area (Å²) in [5.74, 6) is -1.50. The van der Waals surface area contributed by atoms with E-state index in [1.165, 1.54) is 0 Å². The predicted molar refractivity (Wildman–Crippen MR) is 175 cm³/mol. The quantitative estimate of drug-likeness (QED) is 0.0738. The molecule has 0 aromatic carbocycles. The summed E-state index contributed by atoms with van der Waals surface area (Å²) in [7, 11) is 0. The van der Waals surface area contributed by atoms with Crippen molar-refractivity contribution in [3.05, 3.63) is 0 Å². The fourth-order valence-corrected chi connectivity index (χ4v) is 7.19. The third-order valence-corrected chi connectivity index (χ3v) is 10.6. The highest BCUT2D eigenvalue weighted by Crippen LogP contribution is 2.36. The van der Waals surface area contributed by atoms with Gasteiger partial charge in [0.25, 0.3) is 5.91 Å². The number of rotatable bonds is 15. The molecule has 0 radical (unpaired) electrons. The lowest BCUT2D eigenvalue weighted by Gasteiger charge is -2.47. The zero-order valence-corrected chi connectivity index (χ0v) is 29.1. The molecule has 4 saturated heterocycles. The minimum Gasteiger partial charge on any atom is -0.394 e. The number of β-amino-alcohol motifs (C(OH)–C–C–N with tert-alkyl or cyclic N) is 1. The summed E-state index contributed by atoms with van der Waals surface area (Å²) in [4.78, 5) is 13.0. The third-order valence-electron chi connectivity index (χ3n) is 10.6. The van der Waals surface area contributed by atoms with Gasteiger partial charge in [0.05, 0.1) is 43.6 Å². The number of nitrogens with two attached hydrogens (primary N) is 3. The molecule has 0 aromatic heterocycles. The Labute approximate surface area is 301 Å². The molecule has 302 valence electrons. The summed E-state index contributed by atoms with van der Waals surface area (Å²) >= 11 is 0. The molecule has 1 amide bonds. The van der Waals surface area contributed by atoms with Crippen LogP contribution < -0.4 is 33.2 Å². The Hall–Kier alpha value is -1.29. The molecule has 52 heavy (non-hydrogen) atoms. The Morgan fingerprint density at radius 3 is 2.19 bits per heavy atom. The molecule has 5 aliphatic rings. The molecular weight excluding hydrogens is 696 g/mol. The number of aliphatic hydroxyl groups is 8. The number of aliphatic hydroxyl groups excluding tert-OH is 7. The second-order valence-corrected chi connectivity index (χ2v) is 14.6. The maximum Gasteiger partial charge on any atom is 0.254 e. The largest absolute Gasteiger partial charge is 0.394 e. The second-order valence-electron chi connectivity index (χ2n) is 14.6. The number of hydrogen-bond donors (Lipinski definition) is 14. The molecule has 18 atom stereocenters. The molecule has 1 unspecified atom stereocenters. The van der Waals surface area contributed by atoms with Crippen LogP contribution in [0.1, 0.15) is 26.2 Å². The SMILES string of the molecule is C[C@H]1[C@@H](O[C@H]2[C@@H](O)[C@H](O[C@@H]3[C@@H](O)[C@H](NC(=O)C4(O)CNC4)C[C@H](N)[C@H]3O[C@H]3O[C@H](CNCC(O)CO)CC[C@H]3N)O[C@@H]2CO)O[C@@H](CN)[C@@H](O)[C@@H]1O. The van der Waals surface area contributed by atoms with E-state index < -0.39 is 135 Å². The zero-order chi connectivity index (χ0) is 37.9. The Morgan fingerprint density at radius 2 is 1.56 bits per heavy atom. The van der Waals surface area contributed by atoms with E-state index in [0.29, 0.717) is 19.4 Å². The Bertz CT molecular complexity index is 1150. The Morgan fingerprint density at radius 1 is 0.885 bits per heavy atom. The van der Waals surface area contributed by atoms with E-state index in [1.54, 1.807) is 6.92 Å². The van der Waals surface area contributed by atoms with Crippen molar-refractivity contribution in [1.29, 1.82) is 0 Å². The van der Waals surface area contributed by atoms with Crippen LogP contribution in [0.15, 0.2) is 0 Å². The van der Waals surface area contributed by atoms with E-state index in [2.05, 4.69) is 16.0 Å². The van der Waals surface area contributed by atoms with Crippen molar-refractivity contribution in [2.75, 3.05) is 45.9 Å². The number of amides is 1. The predicted octanol–water partition coefficient (Wildman–Crippen LogP) is -8.05. The normalized spacial score (nSPS) is 45.7. The fourth-order valence-electron chi connectivity index (χ4n) is 7.19. The van der Waals surface area contributed by atoms with Crippen LogP contribution in [0.5, 0.6) is 0 Å². The van der Waals surface area contributed by atoms with Gasteiger partial charge >= 0.3 is 0 Å². The van der Waals surface area contributed by atoms with Gasteiger partial charge in [-0.15, -0.1) is 0 Å². The highest BCUT2D eigenvalue weighted by molar-refractivity contribution is 5.87. The van der Waals surface area contributed by atoms with Crippen LogP contribution in [0.3, 0.4) is 0 Å². The monoisotopic (exact) mass is 754 g/mol. The highest BCUT2D eigenvalue weighted by Gasteiger charge is 2.55. The maximum atomic E-state index is 13.0. The molecule has 4 aliphatic heterocycles. The molecule has 21 nitrogen and oxygen atoms in total. The number of carbonyl (C=O) groups excluding carboxylic acids is 1. The van der Waals surface area contributed by atoms with Crippen LogP contribution >= 0.6 is 0 Å². The van der Waals surface area contributed by atoms with Crippen molar-refractivity contribution < 1.29 is 74.1 Å². The molecule has 1 saturated carbocycles. The number of nitrogens with one attached hydrogen (secondary N) is 3. The van der Waals surface area contributed by atoms with Gasteiger partial charge in [0.15, 0.2) is 24.5 Å². The molecular formula is C31H58N6O15. The molecule has 0 bridgehead atoms. The molecule has 0 spiro atoms. The summed E-state index contributed by atoms with van der Waals surface area (Å²) in [6.45, 7) is 0.872. The minimum atomic E-state index is -1.68. The number of carbonyl (C=O) groups is 1. The lowest BCUT2D eigenvalue weighted by Crippen LogP contribution is -2.71. The topological polar surface area (TPSA) is 348 Å². The zero-order valence-electron chi connectivity index (χ0n) is 29.1. The van der Waals surface area contributed by atoms with Crippen molar-refractivity contribution in [2.24, 2.45) is 23.1 Å². The van der Waals surface area contributed by atoms with Crippen molar-refractivity contribution in [3.8, 4) is 0 Å². The summed E-state index contributed by atoms with van der Waals surface area (Å²) in [6.07, 6.45) is -15.7. The number of hydrogen-bond acceptors (Lipinski definition) is 20. The van der Waals surface area contributed by atoms with Gasteiger partial charge in [0.2, 0.25) is 0 Å².